The van der Waals surface area contributed by atoms with E-state index in [-0.39, 0.29) is 5.92 Å². The molecule has 1 saturated heterocycles. The third-order valence-corrected chi connectivity index (χ3v) is 6.07. The van der Waals surface area contributed by atoms with Crippen molar-refractivity contribution in [3.05, 3.63) is 53.2 Å². The van der Waals surface area contributed by atoms with Gasteiger partial charge in [-0.15, -0.1) is 0 Å². The monoisotopic (exact) mass is 390 g/mol. The van der Waals surface area contributed by atoms with Crippen LogP contribution >= 0.6 is 0 Å². The lowest BCUT2D eigenvalue weighted by molar-refractivity contribution is -0.137. The van der Waals surface area contributed by atoms with Gasteiger partial charge in [0.2, 0.25) is 0 Å². The lowest BCUT2D eigenvalue weighted by Crippen LogP contribution is -2.37. The zero-order valence-corrected chi connectivity index (χ0v) is 15.7. The number of aromatic nitrogens is 1. The van der Waals surface area contributed by atoms with Gasteiger partial charge in [-0.2, -0.15) is 13.2 Å². The van der Waals surface area contributed by atoms with Crippen LogP contribution in [0, 0.1) is 5.92 Å². The molecular formula is C21H25F3N4. The molecular weight excluding hydrogens is 365 g/mol. The molecule has 2 aromatic rings. The van der Waals surface area contributed by atoms with Gasteiger partial charge < -0.3 is 16.0 Å². The van der Waals surface area contributed by atoms with E-state index < -0.39 is 11.7 Å². The summed E-state index contributed by atoms with van der Waals surface area (Å²) in [5.74, 6) is 1.46. The maximum Gasteiger partial charge on any atom is 0.416 e. The average molecular weight is 390 g/mol. The Morgan fingerprint density at radius 2 is 1.86 bits per heavy atom. The number of halogens is 3. The van der Waals surface area contributed by atoms with E-state index in [4.69, 9.17) is 5.73 Å². The normalized spacial score (nSPS) is 18.6. The molecule has 0 bridgehead atoms. The maximum atomic E-state index is 12.8. The van der Waals surface area contributed by atoms with Crippen molar-refractivity contribution in [2.45, 2.75) is 31.4 Å². The topological polar surface area (TPSA) is 54.2 Å². The van der Waals surface area contributed by atoms with Gasteiger partial charge in [0.15, 0.2) is 0 Å². The molecule has 3 N–H and O–H groups in total. The second kappa shape index (κ2) is 7.62. The molecule has 1 unspecified atom stereocenters. The van der Waals surface area contributed by atoms with Gasteiger partial charge in [-0.25, -0.2) is 4.98 Å². The van der Waals surface area contributed by atoms with E-state index in [9.17, 15) is 13.2 Å². The zero-order valence-electron chi connectivity index (χ0n) is 15.7. The first-order valence-corrected chi connectivity index (χ1v) is 9.81. The molecule has 1 aromatic carbocycles. The van der Waals surface area contributed by atoms with Gasteiger partial charge in [0.05, 0.1) is 5.56 Å². The summed E-state index contributed by atoms with van der Waals surface area (Å²) in [6.45, 7) is 3.24. The number of benzene rings is 1. The minimum atomic E-state index is -4.30. The van der Waals surface area contributed by atoms with Crippen molar-refractivity contribution in [1.82, 2.24) is 4.98 Å². The molecule has 1 fully saturated rings. The van der Waals surface area contributed by atoms with Crippen LogP contribution in [0.15, 0.2) is 36.5 Å². The Hall–Kier alpha value is -2.28. The van der Waals surface area contributed by atoms with E-state index in [2.05, 4.69) is 21.3 Å². The Labute approximate surface area is 162 Å². The summed E-state index contributed by atoms with van der Waals surface area (Å²) >= 11 is 0. The number of pyridine rings is 1. The van der Waals surface area contributed by atoms with Crippen molar-refractivity contribution < 1.29 is 13.2 Å². The van der Waals surface area contributed by atoms with E-state index in [1.54, 1.807) is 12.1 Å². The van der Waals surface area contributed by atoms with E-state index in [1.807, 2.05) is 6.20 Å². The van der Waals surface area contributed by atoms with Crippen molar-refractivity contribution >= 4 is 11.5 Å². The second-order valence-electron chi connectivity index (χ2n) is 7.62. The van der Waals surface area contributed by atoms with Crippen LogP contribution in [-0.2, 0) is 12.6 Å². The summed E-state index contributed by atoms with van der Waals surface area (Å²) in [5.41, 5.74) is 8.87. The number of fused-ring (bicyclic) bond motifs is 1. The summed E-state index contributed by atoms with van der Waals surface area (Å²) in [7, 11) is 0. The smallest absolute Gasteiger partial charge is 0.371 e. The summed E-state index contributed by atoms with van der Waals surface area (Å²) in [6, 6.07) is 7.60. The minimum absolute atomic E-state index is 0.0919. The third-order valence-electron chi connectivity index (χ3n) is 6.07. The lowest BCUT2D eigenvalue weighted by Gasteiger charge is -2.38. The van der Waals surface area contributed by atoms with Gasteiger partial charge >= 0.3 is 6.18 Å². The second-order valence-corrected chi connectivity index (χ2v) is 7.62. The van der Waals surface area contributed by atoms with Gasteiger partial charge in [0, 0.05) is 37.1 Å². The fourth-order valence-corrected chi connectivity index (χ4v) is 4.55. The molecule has 28 heavy (non-hydrogen) atoms. The van der Waals surface area contributed by atoms with Crippen molar-refractivity contribution in [3.8, 4) is 0 Å². The minimum Gasteiger partial charge on any atom is -0.371 e. The van der Waals surface area contributed by atoms with Crippen LogP contribution in [0.4, 0.5) is 24.7 Å². The molecule has 7 heteroatoms. The van der Waals surface area contributed by atoms with Crippen molar-refractivity contribution in [2.24, 2.45) is 11.7 Å². The first-order chi connectivity index (χ1) is 13.5. The molecule has 0 saturated carbocycles. The van der Waals surface area contributed by atoms with Crippen molar-refractivity contribution in [3.63, 3.8) is 0 Å². The molecule has 4 nitrogen and oxygen atoms in total. The highest BCUT2D eigenvalue weighted by Crippen LogP contribution is 2.37. The average Bonchev–Trinajstić information content (AvgIpc) is 3.18. The molecule has 0 spiro atoms. The first-order valence-electron chi connectivity index (χ1n) is 9.81. The van der Waals surface area contributed by atoms with E-state index in [0.717, 1.165) is 50.3 Å². The van der Waals surface area contributed by atoms with E-state index >= 15 is 0 Å². The molecule has 0 radical (unpaired) electrons. The number of hydrogen-bond donors (Lipinski definition) is 2. The van der Waals surface area contributed by atoms with Gasteiger partial charge in [0.25, 0.3) is 0 Å². The number of hydrogen-bond acceptors (Lipinski definition) is 4. The van der Waals surface area contributed by atoms with Crippen molar-refractivity contribution in [2.75, 3.05) is 36.4 Å². The van der Waals surface area contributed by atoms with Gasteiger partial charge in [0.1, 0.15) is 5.82 Å². The number of nitrogens with two attached hydrogens (primary N) is 1. The molecule has 1 aromatic heterocycles. The number of nitrogens with one attached hydrogen (secondary N) is 1. The van der Waals surface area contributed by atoms with Crippen LogP contribution in [0.1, 0.15) is 35.4 Å². The fraction of sp³-hybridized carbons (Fsp3) is 0.476. The SMILES string of the molecule is NCC(c1ccc(C(F)(F)F)cc1)C1CCN(c2ccnc3c2CCN3)CC1. The van der Waals surface area contributed by atoms with Gasteiger partial charge in [-0.3, -0.25) is 0 Å². The Balaban J connectivity index is 1.44. The Morgan fingerprint density at radius 1 is 1.14 bits per heavy atom. The quantitative estimate of drug-likeness (QED) is 0.828. The largest absolute Gasteiger partial charge is 0.416 e. The van der Waals surface area contributed by atoms with Crippen LogP contribution in [0.25, 0.3) is 0 Å². The summed E-state index contributed by atoms with van der Waals surface area (Å²) in [6.07, 6.45) is 0.501. The molecule has 0 amide bonds. The van der Waals surface area contributed by atoms with Crippen LogP contribution in [-0.4, -0.2) is 31.2 Å². The van der Waals surface area contributed by atoms with E-state index in [0.29, 0.717) is 12.5 Å². The van der Waals surface area contributed by atoms with E-state index in [1.165, 1.54) is 23.4 Å². The summed E-state index contributed by atoms with van der Waals surface area (Å²) in [4.78, 5) is 6.81. The molecule has 150 valence electrons. The Bertz CT molecular complexity index is 811. The summed E-state index contributed by atoms with van der Waals surface area (Å²) in [5, 5.41) is 3.32. The number of piperidine rings is 1. The highest BCUT2D eigenvalue weighted by molar-refractivity contribution is 5.65. The van der Waals surface area contributed by atoms with Crippen LogP contribution in [0.5, 0.6) is 0 Å². The Morgan fingerprint density at radius 3 is 2.50 bits per heavy atom. The molecule has 2 aliphatic rings. The Kier molecular flexibility index (Phi) is 5.19. The standard InChI is InChI=1S/C21H25F3N4/c22-21(23,24)16-3-1-14(2-4-16)18(13-25)15-7-11-28(12-8-15)19-6-10-27-20-17(19)5-9-26-20/h1-4,6,10,15,18H,5,7-9,11-13,25H2,(H,26,27). The lowest BCUT2D eigenvalue weighted by atomic mass is 9.79. The van der Waals surface area contributed by atoms with Crippen LogP contribution in [0.2, 0.25) is 0 Å². The predicted molar refractivity (Wildman–Crippen MR) is 105 cm³/mol. The van der Waals surface area contributed by atoms with Crippen LogP contribution < -0.4 is 16.0 Å². The number of anilines is 2. The van der Waals surface area contributed by atoms with Crippen molar-refractivity contribution in [1.29, 1.82) is 0 Å². The zero-order chi connectivity index (χ0) is 19.7. The highest BCUT2D eigenvalue weighted by Gasteiger charge is 2.32. The molecule has 2 aliphatic heterocycles. The fourth-order valence-electron chi connectivity index (χ4n) is 4.55. The van der Waals surface area contributed by atoms with Gasteiger partial charge in [-0.1, -0.05) is 12.1 Å². The molecule has 4 rings (SSSR count). The molecule has 1 atom stereocenters. The van der Waals surface area contributed by atoms with Crippen LogP contribution in [0.3, 0.4) is 0 Å². The summed E-state index contributed by atoms with van der Waals surface area (Å²) < 4.78 is 38.5. The number of nitrogens with zero attached hydrogens (tertiary/aromatic N) is 2. The molecule has 0 aliphatic carbocycles. The van der Waals surface area contributed by atoms with Gasteiger partial charge in [-0.05, 0) is 61.4 Å². The maximum absolute atomic E-state index is 12.8. The molecule has 3 heterocycles. The third kappa shape index (κ3) is 3.68. The predicted octanol–water partition coefficient (Wildman–Crippen LogP) is 4.03. The number of rotatable bonds is 4. The highest BCUT2D eigenvalue weighted by atomic mass is 19.4. The number of alkyl halides is 3. The first kappa shape index (κ1) is 19.1.